The van der Waals surface area contributed by atoms with Crippen molar-refractivity contribution >= 4 is 36.6 Å². The van der Waals surface area contributed by atoms with Gasteiger partial charge in [0.2, 0.25) is 0 Å². The van der Waals surface area contributed by atoms with Gasteiger partial charge in [0.05, 0.1) is 0 Å². The molecule has 0 aliphatic rings. The van der Waals surface area contributed by atoms with Crippen LogP contribution in [-0.2, 0) is 0 Å². The summed E-state index contributed by atoms with van der Waals surface area (Å²) in [4.78, 5) is 1.68. The fourth-order valence-electron chi connectivity index (χ4n) is 2.45. The maximum Gasteiger partial charge on any atom is 0.157 e. The van der Waals surface area contributed by atoms with E-state index in [1.54, 1.807) is 6.07 Å². The summed E-state index contributed by atoms with van der Waals surface area (Å²) >= 11 is 8.73. The third-order valence-electron chi connectivity index (χ3n) is 3.65. The van der Waals surface area contributed by atoms with Crippen LogP contribution in [-0.4, -0.2) is 10.2 Å². The van der Waals surface area contributed by atoms with Crippen LogP contribution in [0.4, 0.5) is 11.4 Å². The summed E-state index contributed by atoms with van der Waals surface area (Å²) in [5, 5.41) is 26.2. The van der Waals surface area contributed by atoms with Gasteiger partial charge in [-0.15, -0.1) is 25.3 Å². The van der Waals surface area contributed by atoms with E-state index in [-0.39, 0.29) is 17.7 Å². The number of hydrogen-bond donors (Lipinski definition) is 6. The Labute approximate surface area is 157 Å². The van der Waals surface area contributed by atoms with Gasteiger partial charge in [0.15, 0.2) is 11.5 Å². The number of anilines is 2. The van der Waals surface area contributed by atoms with Gasteiger partial charge >= 0.3 is 0 Å². The average molecular weight is 370 g/mol. The number of thiol groups is 2. The van der Waals surface area contributed by atoms with Gasteiger partial charge in [-0.2, -0.15) is 0 Å². The van der Waals surface area contributed by atoms with Crippen molar-refractivity contribution in [1.29, 1.82) is 0 Å². The molecule has 3 aromatic carbocycles. The van der Waals surface area contributed by atoms with Crippen LogP contribution in [0.5, 0.6) is 11.5 Å². The van der Waals surface area contributed by atoms with Crippen LogP contribution in [0.2, 0.25) is 0 Å². The first-order valence-electron chi connectivity index (χ1n) is 7.64. The van der Waals surface area contributed by atoms with Crippen LogP contribution in [0.1, 0.15) is 11.7 Å². The molecule has 6 heteroatoms. The maximum absolute atomic E-state index is 9.84. The molecule has 0 unspecified atom stereocenters. The van der Waals surface area contributed by atoms with Crippen molar-refractivity contribution in [3.05, 3.63) is 72.3 Å². The van der Waals surface area contributed by atoms with E-state index in [0.717, 1.165) is 26.7 Å². The summed E-state index contributed by atoms with van der Waals surface area (Å²) in [6, 6.07) is 20.0. The Morgan fingerprint density at radius 3 is 1.72 bits per heavy atom. The highest BCUT2D eigenvalue weighted by atomic mass is 32.1. The lowest BCUT2D eigenvalue weighted by molar-refractivity contribution is 0.403. The number of aromatic hydroxyl groups is 2. The van der Waals surface area contributed by atoms with Gasteiger partial charge < -0.3 is 20.8 Å². The first kappa shape index (κ1) is 17.4. The SMILES string of the molecule is Oc1ccc(C(Nc2cccc(S)c2)Nc2cccc(S)c2)cc1O. The lowest BCUT2D eigenvalue weighted by Gasteiger charge is -2.23. The molecule has 0 radical (unpaired) electrons. The molecule has 0 fully saturated rings. The smallest absolute Gasteiger partial charge is 0.157 e. The fraction of sp³-hybridized carbons (Fsp3) is 0.0526. The van der Waals surface area contributed by atoms with E-state index in [9.17, 15) is 10.2 Å². The zero-order chi connectivity index (χ0) is 17.8. The third-order valence-corrected chi connectivity index (χ3v) is 4.20. The summed E-state index contributed by atoms with van der Waals surface area (Å²) in [5.41, 5.74) is 2.52. The minimum Gasteiger partial charge on any atom is -0.504 e. The molecular formula is C19H18N2O2S2. The number of nitrogens with one attached hydrogen (secondary N) is 2. The summed E-state index contributed by atoms with van der Waals surface area (Å²) in [7, 11) is 0. The van der Waals surface area contributed by atoms with Gasteiger partial charge in [0.1, 0.15) is 6.17 Å². The second-order valence-electron chi connectivity index (χ2n) is 5.57. The van der Waals surface area contributed by atoms with Gasteiger partial charge in [-0.1, -0.05) is 18.2 Å². The largest absolute Gasteiger partial charge is 0.504 e. The van der Waals surface area contributed by atoms with E-state index in [4.69, 9.17) is 0 Å². The maximum atomic E-state index is 9.84. The van der Waals surface area contributed by atoms with Crippen LogP contribution in [0.15, 0.2) is 76.5 Å². The standard InChI is InChI=1S/C19H18N2O2S2/c22-17-8-7-12(9-18(17)23)19(20-13-3-1-5-15(24)10-13)21-14-4-2-6-16(25)11-14/h1-11,19-25H. The van der Waals surface area contributed by atoms with Crippen molar-refractivity contribution in [1.82, 2.24) is 0 Å². The molecular weight excluding hydrogens is 352 g/mol. The molecule has 25 heavy (non-hydrogen) atoms. The second kappa shape index (κ2) is 7.63. The highest BCUT2D eigenvalue weighted by molar-refractivity contribution is 7.80. The van der Waals surface area contributed by atoms with Gasteiger partial charge in [-0.3, -0.25) is 0 Å². The van der Waals surface area contributed by atoms with Crippen LogP contribution in [0.3, 0.4) is 0 Å². The zero-order valence-electron chi connectivity index (χ0n) is 13.2. The van der Waals surface area contributed by atoms with Gasteiger partial charge in [-0.25, -0.2) is 0 Å². The Hall–Kier alpha value is -2.44. The van der Waals surface area contributed by atoms with Gasteiger partial charge in [-0.05, 0) is 54.1 Å². The lowest BCUT2D eigenvalue weighted by atomic mass is 10.1. The van der Waals surface area contributed by atoms with Crippen LogP contribution < -0.4 is 10.6 Å². The van der Waals surface area contributed by atoms with Gasteiger partial charge in [0, 0.05) is 21.2 Å². The van der Waals surface area contributed by atoms with Crippen molar-refractivity contribution in [2.24, 2.45) is 0 Å². The van der Waals surface area contributed by atoms with E-state index in [2.05, 4.69) is 35.9 Å². The van der Waals surface area contributed by atoms with Crippen LogP contribution in [0.25, 0.3) is 0 Å². The monoisotopic (exact) mass is 370 g/mol. The summed E-state index contributed by atoms with van der Waals surface area (Å²) < 4.78 is 0. The minimum atomic E-state index is -0.336. The lowest BCUT2D eigenvalue weighted by Crippen LogP contribution is -2.19. The van der Waals surface area contributed by atoms with Crippen molar-refractivity contribution < 1.29 is 10.2 Å². The molecule has 0 atom stereocenters. The topological polar surface area (TPSA) is 64.5 Å². The molecule has 0 aliphatic carbocycles. The van der Waals surface area contributed by atoms with Crippen molar-refractivity contribution in [3.8, 4) is 11.5 Å². The molecule has 0 heterocycles. The second-order valence-corrected chi connectivity index (χ2v) is 6.60. The highest BCUT2D eigenvalue weighted by Gasteiger charge is 2.14. The molecule has 4 nitrogen and oxygen atoms in total. The predicted molar refractivity (Wildman–Crippen MR) is 107 cm³/mol. The van der Waals surface area contributed by atoms with Crippen molar-refractivity contribution in [2.75, 3.05) is 10.6 Å². The molecule has 4 N–H and O–H groups in total. The molecule has 3 rings (SSSR count). The Kier molecular flexibility index (Phi) is 5.31. The summed E-state index contributed by atoms with van der Waals surface area (Å²) in [5.74, 6) is -0.325. The van der Waals surface area contributed by atoms with E-state index < -0.39 is 0 Å². The number of phenols is 2. The minimum absolute atomic E-state index is 0.155. The normalized spacial score (nSPS) is 10.7. The van der Waals surface area contributed by atoms with Crippen molar-refractivity contribution in [2.45, 2.75) is 16.0 Å². The molecule has 128 valence electrons. The Morgan fingerprint density at radius 2 is 1.24 bits per heavy atom. The van der Waals surface area contributed by atoms with E-state index in [1.807, 2.05) is 48.5 Å². The number of rotatable bonds is 5. The average Bonchev–Trinajstić information content (AvgIpc) is 2.57. The molecule has 0 aromatic heterocycles. The zero-order valence-corrected chi connectivity index (χ0v) is 15.0. The summed E-state index contributed by atoms with van der Waals surface area (Å²) in [6.07, 6.45) is -0.336. The van der Waals surface area contributed by atoms with E-state index in [0.29, 0.717) is 0 Å². The molecule has 0 saturated carbocycles. The quantitative estimate of drug-likeness (QED) is 0.220. The highest BCUT2D eigenvalue weighted by Crippen LogP contribution is 2.30. The van der Waals surface area contributed by atoms with Gasteiger partial charge in [0.25, 0.3) is 0 Å². The third kappa shape index (κ3) is 4.55. The molecule has 0 aliphatic heterocycles. The van der Waals surface area contributed by atoms with Crippen LogP contribution >= 0.6 is 25.3 Å². The number of phenolic OH excluding ortho intramolecular Hbond substituents is 2. The van der Waals surface area contributed by atoms with Crippen LogP contribution in [0, 0.1) is 0 Å². The molecule has 3 aromatic rings. The number of hydrogen-bond acceptors (Lipinski definition) is 6. The van der Waals surface area contributed by atoms with Crippen molar-refractivity contribution in [3.63, 3.8) is 0 Å². The first-order valence-corrected chi connectivity index (χ1v) is 8.54. The Bertz CT molecular complexity index is 839. The predicted octanol–water partition coefficient (Wildman–Crippen LogP) is 4.90. The summed E-state index contributed by atoms with van der Waals surface area (Å²) in [6.45, 7) is 0. The number of benzene rings is 3. The molecule has 0 saturated heterocycles. The Morgan fingerprint density at radius 1 is 0.680 bits per heavy atom. The van der Waals surface area contributed by atoms with E-state index in [1.165, 1.54) is 12.1 Å². The fourth-order valence-corrected chi connectivity index (χ4v) is 2.90. The molecule has 0 spiro atoms. The molecule has 0 amide bonds. The molecule has 0 bridgehead atoms. The van der Waals surface area contributed by atoms with E-state index >= 15 is 0 Å². The first-order chi connectivity index (χ1) is 12.0. The Balaban J connectivity index is 1.93.